The fraction of sp³-hybridized carbons (Fsp3) is 0.273. The molecule has 0 unspecified atom stereocenters. The molecule has 1 fully saturated rings. The van der Waals surface area contributed by atoms with Crippen LogP contribution in [0, 0.1) is 6.92 Å². The number of morpholine rings is 1. The van der Waals surface area contributed by atoms with E-state index in [-0.39, 0.29) is 0 Å². The number of fused-ring (bicyclic) bond motifs is 2. The van der Waals surface area contributed by atoms with Crippen molar-refractivity contribution in [1.29, 1.82) is 0 Å². The van der Waals surface area contributed by atoms with Crippen LogP contribution in [0.25, 0.3) is 33.2 Å². The summed E-state index contributed by atoms with van der Waals surface area (Å²) in [6.45, 7) is 6.48. The molecule has 4 aromatic rings. The normalized spacial score (nSPS) is 15.6. The van der Waals surface area contributed by atoms with Crippen molar-refractivity contribution in [3.05, 3.63) is 59.9 Å². The number of hydrogen-bond acceptors (Lipinski definition) is 4. The second-order valence-corrected chi connectivity index (χ2v) is 7.13. The topological polar surface area (TPSA) is 54.0 Å². The summed E-state index contributed by atoms with van der Waals surface area (Å²) in [6, 6.07) is 17.0. The van der Waals surface area contributed by atoms with Gasteiger partial charge in [-0.3, -0.25) is 4.90 Å². The molecular weight excluding hydrogens is 336 g/mol. The van der Waals surface area contributed by atoms with Gasteiger partial charge in [-0.1, -0.05) is 24.3 Å². The molecule has 1 N–H and O–H groups in total. The Morgan fingerprint density at radius 2 is 1.85 bits per heavy atom. The van der Waals surface area contributed by atoms with Crippen LogP contribution in [0.5, 0.6) is 0 Å². The summed E-state index contributed by atoms with van der Waals surface area (Å²) < 4.78 is 5.50. The number of benzene rings is 2. The highest BCUT2D eigenvalue weighted by molar-refractivity contribution is 5.87. The van der Waals surface area contributed by atoms with Gasteiger partial charge in [-0.25, -0.2) is 9.97 Å². The van der Waals surface area contributed by atoms with Crippen molar-refractivity contribution in [1.82, 2.24) is 19.9 Å². The summed E-state index contributed by atoms with van der Waals surface area (Å²) in [5.41, 5.74) is 6.52. The molecule has 0 bridgehead atoms. The van der Waals surface area contributed by atoms with E-state index in [2.05, 4.69) is 63.4 Å². The van der Waals surface area contributed by atoms with Gasteiger partial charge < -0.3 is 9.72 Å². The molecule has 1 aliphatic rings. The Kier molecular flexibility index (Phi) is 4.11. The molecule has 0 atom stereocenters. The van der Waals surface area contributed by atoms with Gasteiger partial charge in [0.05, 0.1) is 35.5 Å². The number of ether oxygens (including phenoxy) is 1. The Morgan fingerprint density at radius 3 is 2.74 bits per heavy atom. The fourth-order valence-corrected chi connectivity index (χ4v) is 3.82. The zero-order valence-corrected chi connectivity index (χ0v) is 15.4. The molecule has 5 heteroatoms. The lowest BCUT2D eigenvalue weighted by Gasteiger charge is -2.27. The van der Waals surface area contributed by atoms with Crippen LogP contribution in [0.1, 0.15) is 11.4 Å². The molecule has 2 aromatic heterocycles. The van der Waals surface area contributed by atoms with Crippen molar-refractivity contribution in [2.24, 2.45) is 0 Å². The number of H-pyrrole nitrogens is 1. The monoisotopic (exact) mass is 358 g/mol. The number of aromatic amines is 1. The van der Waals surface area contributed by atoms with Gasteiger partial charge in [0, 0.05) is 30.6 Å². The zero-order chi connectivity index (χ0) is 18.2. The third kappa shape index (κ3) is 3.20. The molecule has 1 saturated heterocycles. The summed E-state index contributed by atoms with van der Waals surface area (Å²) in [5, 5.41) is 1.23. The van der Waals surface area contributed by atoms with Gasteiger partial charge >= 0.3 is 0 Å². The van der Waals surface area contributed by atoms with Crippen LogP contribution in [0.3, 0.4) is 0 Å². The van der Waals surface area contributed by atoms with E-state index in [0.29, 0.717) is 0 Å². The highest BCUT2D eigenvalue weighted by atomic mass is 16.5. The first kappa shape index (κ1) is 16.4. The first-order valence-electron chi connectivity index (χ1n) is 9.42. The molecule has 3 heterocycles. The lowest BCUT2D eigenvalue weighted by molar-refractivity contribution is 0.0344. The van der Waals surface area contributed by atoms with Crippen LogP contribution in [0.2, 0.25) is 0 Å². The van der Waals surface area contributed by atoms with Crippen LogP contribution in [0.4, 0.5) is 0 Å². The SMILES string of the molecule is Cc1nc2ccc(-c3cc(CN4CCOCC4)c4ccccc4n3)cc2[nH]1. The van der Waals surface area contributed by atoms with E-state index in [1.165, 1.54) is 10.9 Å². The number of nitrogens with zero attached hydrogens (tertiary/aromatic N) is 3. The number of imidazole rings is 1. The van der Waals surface area contributed by atoms with Gasteiger partial charge in [-0.2, -0.15) is 0 Å². The van der Waals surface area contributed by atoms with Gasteiger partial charge in [0.25, 0.3) is 0 Å². The maximum Gasteiger partial charge on any atom is 0.104 e. The predicted molar refractivity (Wildman–Crippen MR) is 108 cm³/mol. The number of rotatable bonds is 3. The zero-order valence-electron chi connectivity index (χ0n) is 15.4. The van der Waals surface area contributed by atoms with Crippen molar-refractivity contribution >= 4 is 21.9 Å². The maximum atomic E-state index is 5.50. The third-order valence-electron chi connectivity index (χ3n) is 5.20. The minimum atomic E-state index is 0.811. The van der Waals surface area contributed by atoms with Crippen LogP contribution < -0.4 is 0 Å². The lowest BCUT2D eigenvalue weighted by atomic mass is 10.0. The average Bonchev–Trinajstić information content (AvgIpc) is 3.08. The average molecular weight is 358 g/mol. The van der Waals surface area contributed by atoms with Crippen molar-refractivity contribution in [3.63, 3.8) is 0 Å². The van der Waals surface area contributed by atoms with Crippen molar-refractivity contribution in [2.75, 3.05) is 26.3 Å². The first-order chi connectivity index (χ1) is 13.3. The van der Waals surface area contributed by atoms with Crippen LogP contribution in [0.15, 0.2) is 48.5 Å². The maximum absolute atomic E-state index is 5.50. The van der Waals surface area contributed by atoms with Gasteiger partial charge in [0.15, 0.2) is 0 Å². The first-order valence-corrected chi connectivity index (χ1v) is 9.42. The van der Waals surface area contributed by atoms with E-state index < -0.39 is 0 Å². The molecule has 0 saturated carbocycles. The van der Waals surface area contributed by atoms with E-state index in [0.717, 1.165) is 66.5 Å². The van der Waals surface area contributed by atoms with Gasteiger partial charge in [-0.05, 0) is 36.8 Å². The Balaban J connectivity index is 1.60. The Morgan fingerprint density at radius 1 is 1.00 bits per heavy atom. The second kappa shape index (κ2) is 6.76. The summed E-state index contributed by atoms with van der Waals surface area (Å²) in [5.74, 6) is 0.932. The van der Waals surface area contributed by atoms with Crippen LogP contribution >= 0.6 is 0 Å². The summed E-state index contributed by atoms with van der Waals surface area (Å²) in [7, 11) is 0. The largest absolute Gasteiger partial charge is 0.379 e. The fourth-order valence-electron chi connectivity index (χ4n) is 3.82. The molecule has 0 spiro atoms. The molecule has 0 aliphatic carbocycles. The Hall–Kier alpha value is -2.76. The number of para-hydroxylation sites is 1. The predicted octanol–water partition coefficient (Wildman–Crippen LogP) is 3.92. The Bertz CT molecular complexity index is 1110. The number of aryl methyl sites for hydroxylation is 1. The highest BCUT2D eigenvalue weighted by Crippen LogP contribution is 2.27. The number of pyridine rings is 1. The molecule has 5 nitrogen and oxygen atoms in total. The summed E-state index contributed by atoms with van der Waals surface area (Å²) in [6.07, 6.45) is 0. The van der Waals surface area contributed by atoms with Gasteiger partial charge in [0.2, 0.25) is 0 Å². The van der Waals surface area contributed by atoms with E-state index in [1.54, 1.807) is 0 Å². The highest BCUT2D eigenvalue weighted by Gasteiger charge is 2.14. The lowest BCUT2D eigenvalue weighted by Crippen LogP contribution is -2.35. The standard InChI is InChI=1S/C22H22N4O/c1-15-23-20-7-6-16(12-22(20)24-15)21-13-17(14-26-8-10-27-11-9-26)18-4-2-3-5-19(18)25-21/h2-7,12-13H,8-11,14H2,1H3,(H,23,24). The smallest absolute Gasteiger partial charge is 0.104 e. The van der Waals surface area contributed by atoms with Gasteiger partial charge in [-0.15, -0.1) is 0 Å². The molecule has 27 heavy (non-hydrogen) atoms. The molecule has 1 aliphatic heterocycles. The van der Waals surface area contributed by atoms with E-state index in [4.69, 9.17) is 9.72 Å². The van der Waals surface area contributed by atoms with Crippen LogP contribution in [-0.2, 0) is 11.3 Å². The summed E-state index contributed by atoms with van der Waals surface area (Å²) in [4.78, 5) is 15.2. The number of hydrogen-bond donors (Lipinski definition) is 1. The third-order valence-corrected chi connectivity index (χ3v) is 5.20. The quantitative estimate of drug-likeness (QED) is 0.603. The minimum absolute atomic E-state index is 0.811. The van der Waals surface area contributed by atoms with E-state index >= 15 is 0 Å². The molecule has 5 rings (SSSR count). The number of aromatic nitrogens is 3. The minimum Gasteiger partial charge on any atom is -0.379 e. The molecule has 136 valence electrons. The van der Waals surface area contributed by atoms with Crippen molar-refractivity contribution in [3.8, 4) is 11.3 Å². The second-order valence-electron chi connectivity index (χ2n) is 7.13. The van der Waals surface area contributed by atoms with Crippen molar-refractivity contribution in [2.45, 2.75) is 13.5 Å². The van der Waals surface area contributed by atoms with E-state index in [1.807, 2.05) is 6.92 Å². The van der Waals surface area contributed by atoms with E-state index in [9.17, 15) is 0 Å². The molecule has 2 aromatic carbocycles. The molecule has 0 radical (unpaired) electrons. The van der Waals surface area contributed by atoms with Crippen LogP contribution in [-0.4, -0.2) is 46.2 Å². The summed E-state index contributed by atoms with van der Waals surface area (Å²) >= 11 is 0. The Labute approximate surface area is 158 Å². The molecular formula is C22H22N4O. The molecule has 0 amide bonds. The number of nitrogens with one attached hydrogen (secondary N) is 1. The van der Waals surface area contributed by atoms with Crippen molar-refractivity contribution < 1.29 is 4.74 Å². The van der Waals surface area contributed by atoms with Gasteiger partial charge in [0.1, 0.15) is 5.82 Å².